The third-order valence-corrected chi connectivity index (χ3v) is 2.45. The van der Waals surface area contributed by atoms with Crippen LogP contribution in [0.2, 0.25) is 0 Å². The Kier molecular flexibility index (Phi) is 4.12. The van der Waals surface area contributed by atoms with Crippen molar-refractivity contribution < 1.29 is 8.78 Å². The molecule has 0 aliphatic carbocycles. The summed E-state index contributed by atoms with van der Waals surface area (Å²) in [5.41, 5.74) is 5.92. The first-order valence-electron chi connectivity index (χ1n) is 4.13. The van der Waals surface area contributed by atoms with E-state index < -0.39 is 6.43 Å². The lowest BCUT2D eigenvalue weighted by molar-refractivity contribution is 0.149. The van der Waals surface area contributed by atoms with E-state index >= 15 is 0 Å². The van der Waals surface area contributed by atoms with E-state index in [-0.39, 0.29) is 23.1 Å². The maximum Gasteiger partial charge on any atom is 0.266 e. The molecule has 1 heterocycles. The number of pyridine rings is 1. The molecule has 0 saturated carbocycles. The lowest BCUT2D eigenvalue weighted by atomic mass is 10.1. The van der Waals surface area contributed by atoms with Crippen LogP contribution in [0.1, 0.15) is 23.2 Å². The largest absolute Gasteiger partial charge is 0.326 e. The molecule has 0 spiro atoms. The van der Waals surface area contributed by atoms with Gasteiger partial charge in [0.1, 0.15) is 4.60 Å². The van der Waals surface area contributed by atoms with Crippen LogP contribution in [-0.2, 0) is 13.0 Å². The van der Waals surface area contributed by atoms with Crippen LogP contribution in [0.4, 0.5) is 8.78 Å². The van der Waals surface area contributed by atoms with E-state index in [0.717, 1.165) is 0 Å². The van der Waals surface area contributed by atoms with Gasteiger partial charge < -0.3 is 5.73 Å². The molecule has 0 saturated heterocycles. The van der Waals surface area contributed by atoms with Gasteiger partial charge in [0.15, 0.2) is 0 Å². The Labute approximate surface area is 94.0 Å². The summed E-state index contributed by atoms with van der Waals surface area (Å²) >= 11 is 2.95. The molecular formula is C9H8BrF2N3. The maximum atomic E-state index is 12.6. The number of nitrogens with two attached hydrogens (primary N) is 1. The molecule has 1 aromatic rings. The van der Waals surface area contributed by atoms with Crippen molar-refractivity contribution in [2.45, 2.75) is 19.4 Å². The highest BCUT2D eigenvalue weighted by atomic mass is 79.9. The monoisotopic (exact) mass is 275 g/mol. The normalized spacial score (nSPS) is 10.4. The number of aromatic nitrogens is 1. The topological polar surface area (TPSA) is 62.7 Å². The number of hydrogen-bond acceptors (Lipinski definition) is 3. The van der Waals surface area contributed by atoms with Gasteiger partial charge >= 0.3 is 0 Å². The molecule has 15 heavy (non-hydrogen) atoms. The number of hydrogen-bond donors (Lipinski definition) is 1. The molecule has 0 aromatic carbocycles. The number of nitriles is 1. The fraction of sp³-hybridized carbons (Fsp3) is 0.333. The van der Waals surface area contributed by atoms with Gasteiger partial charge in [-0.3, -0.25) is 0 Å². The first-order valence-corrected chi connectivity index (χ1v) is 4.92. The van der Waals surface area contributed by atoms with Gasteiger partial charge in [-0.05, 0) is 27.6 Å². The van der Waals surface area contributed by atoms with Gasteiger partial charge in [-0.15, -0.1) is 0 Å². The molecule has 1 rings (SSSR count). The van der Waals surface area contributed by atoms with Crippen molar-refractivity contribution in [2.75, 3.05) is 0 Å². The Bertz CT molecular complexity index is 401. The van der Waals surface area contributed by atoms with E-state index in [1.165, 1.54) is 6.07 Å². The van der Waals surface area contributed by atoms with Crippen molar-refractivity contribution in [1.29, 1.82) is 5.26 Å². The van der Waals surface area contributed by atoms with Crippen LogP contribution in [0.25, 0.3) is 0 Å². The molecule has 0 atom stereocenters. The minimum atomic E-state index is -2.62. The molecule has 0 amide bonds. The molecule has 0 aliphatic heterocycles. The highest BCUT2D eigenvalue weighted by Crippen LogP contribution is 2.29. The van der Waals surface area contributed by atoms with E-state index in [1.807, 2.05) is 6.07 Å². The quantitative estimate of drug-likeness (QED) is 0.861. The summed E-state index contributed by atoms with van der Waals surface area (Å²) in [5, 5.41) is 8.47. The predicted octanol–water partition coefficient (Wildman–Crippen LogP) is 2.31. The zero-order chi connectivity index (χ0) is 11.4. The molecule has 0 radical (unpaired) electrons. The smallest absolute Gasteiger partial charge is 0.266 e. The van der Waals surface area contributed by atoms with E-state index in [9.17, 15) is 8.78 Å². The summed E-state index contributed by atoms with van der Waals surface area (Å²) < 4.78 is 25.3. The highest BCUT2D eigenvalue weighted by molar-refractivity contribution is 9.10. The SMILES string of the molecule is N#CCc1cc(CN)c(C(F)F)c(Br)n1. The minimum absolute atomic E-state index is 0.000772. The zero-order valence-electron chi connectivity index (χ0n) is 7.67. The van der Waals surface area contributed by atoms with Crippen molar-refractivity contribution in [1.82, 2.24) is 4.98 Å². The molecule has 80 valence electrons. The zero-order valence-corrected chi connectivity index (χ0v) is 9.26. The summed E-state index contributed by atoms with van der Waals surface area (Å²) in [5.74, 6) is 0. The first kappa shape index (κ1) is 12.0. The van der Waals surface area contributed by atoms with Crippen LogP contribution >= 0.6 is 15.9 Å². The summed E-state index contributed by atoms with van der Waals surface area (Å²) in [6.07, 6.45) is -2.55. The van der Waals surface area contributed by atoms with Gasteiger partial charge in [0.05, 0.1) is 23.7 Å². The first-order chi connectivity index (χ1) is 7.10. The van der Waals surface area contributed by atoms with Gasteiger partial charge in [-0.25, -0.2) is 13.8 Å². The van der Waals surface area contributed by atoms with Crippen molar-refractivity contribution in [2.24, 2.45) is 5.73 Å². The van der Waals surface area contributed by atoms with E-state index in [0.29, 0.717) is 11.3 Å². The van der Waals surface area contributed by atoms with Crippen molar-refractivity contribution in [3.05, 3.63) is 27.5 Å². The summed E-state index contributed by atoms with van der Waals surface area (Å²) in [6, 6.07) is 3.34. The number of alkyl halides is 2. The van der Waals surface area contributed by atoms with Crippen LogP contribution in [-0.4, -0.2) is 4.98 Å². The van der Waals surface area contributed by atoms with Crippen molar-refractivity contribution in [3.63, 3.8) is 0 Å². The summed E-state index contributed by atoms with van der Waals surface area (Å²) in [6.45, 7) is -0.000772. The Morgan fingerprint density at radius 3 is 2.73 bits per heavy atom. The van der Waals surface area contributed by atoms with Crippen LogP contribution in [0.15, 0.2) is 10.7 Å². The lowest BCUT2D eigenvalue weighted by Gasteiger charge is -2.10. The molecular weight excluding hydrogens is 268 g/mol. The fourth-order valence-corrected chi connectivity index (χ4v) is 1.86. The summed E-state index contributed by atoms with van der Waals surface area (Å²) in [7, 11) is 0. The van der Waals surface area contributed by atoms with Crippen LogP contribution in [0, 0.1) is 11.3 Å². The van der Waals surface area contributed by atoms with E-state index in [1.54, 1.807) is 0 Å². The fourth-order valence-electron chi connectivity index (χ4n) is 1.20. The van der Waals surface area contributed by atoms with Gasteiger partial charge in [0.25, 0.3) is 6.43 Å². The molecule has 0 bridgehead atoms. The Hall–Kier alpha value is -1.06. The second-order valence-corrected chi connectivity index (χ2v) is 3.57. The van der Waals surface area contributed by atoms with Gasteiger partial charge in [0.2, 0.25) is 0 Å². The average molecular weight is 276 g/mol. The average Bonchev–Trinajstić information content (AvgIpc) is 2.16. The van der Waals surface area contributed by atoms with Gasteiger partial charge in [-0.2, -0.15) is 5.26 Å². The van der Waals surface area contributed by atoms with Crippen molar-refractivity contribution in [3.8, 4) is 6.07 Å². The molecule has 2 N–H and O–H groups in total. The highest BCUT2D eigenvalue weighted by Gasteiger charge is 2.18. The number of rotatable bonds is 3. The van der Waals surface area contributed by atoms with E-state index in [2.05, 4.69) is 20.9 Å². The standard InChI is InChI=1S/C9H8BrF2N3/c10-8-7(9(11)12)5(4-14)3-6(15-8)1-2-13/h3,9H,1,4,14H2. The lowest BCUT2D eigenvalue weighted by Crippen LogP contribution is -2.06. The van der Waals surface area contributed by atoms with E-state index in [4.69, 9.17) is 11.0 Å². The van der Waals surface area contributed by atoms with Gasteiger partial charge in [0, 0.05) is 6.54 Å². The van der Waals surface area contributed by atoms with Gasteiger partial charge in [-0.1, -0.05) is 0 Å². The molecule has 3 nitrogen and oxygen atoms in total. The molecule has 6 heteroatoms. The molecule has 0 fully saturated rings. The molecule has 0 aliphatic rings. The molecule has 0 unspecified atom stereocenters. The molecule has 1 aromatic heterocycles. The van der Waals surface area contributed by atoms with Crippen LogP contribution in [0.5, 0.6) is 0 Å². The summed E-state index contributed by atoms with van der Waals surface area (Å²) in [4.78, 5) is 3.85. The van der Waals surface area contributed by atoms with Crippen LogP contribution in [0.3, 0.4) is 0 Å². The maximum absolute atomic E-state index is 12.6. The minimum Gasteiger partial charge on any atom is -0.326 e. The Morgan fingerprint density at radius 2 is 2.27 bits per heavy atom. The Balaban J connectivity index is 3.25. The van der Waals surface area contributed by atoms with Crippen molar-refractivity contribution >= 4 is 15.9 Å². The Morgan fingerprint density at radius 1 is 1.60 bits per heavy atom. The second-order valence-electron chi connectivity index (χ2n) is 2.82. The third kappa shape index (κ3) is 2.70. The second kappa shape index (κ2) is 5.14. The number of nitrogens with zero attached hydrogens (tertiary/aromatic N) is 2. The third-order valence-electron chi connectivity index (χ3n) is 1.85. The predicted molar refractivity (Wildman–Crippen MR) is 54.1 cm³/mol. The number of halogens is 3. The van der Waals surface area contributed by atoms with Crippen LogP contribution < -0.4 is 5.73 Å².